The Morgan fingerprint density at radius 1 is 1.29 bits per heavy atom. The molecule has 1 saturated heterocycles. The van der Waals surface area contributed by atoms with Crippen LogP contribution in [0, 0.1) is 0 Å². The summed E-state index contributed by atoms with van der Waals surface area (Å²) in [7, 11) is 2.16. The van der Waals surface area contributed by atoms with Crippen molar-refractivity contribution >= 4 is 5.91 Å². The van der Waals surface area contributed by atoms with Crippen LogP contribution in [-0.4, -0.2) is 48.4 Å². The minimum absolute atomic E-state index is 0.0697. The molecule has 0 radical (unpaired) electrons. The maximum absolute atomic E-state index is 12.3. The third-order valence-corrected chi connectivity index (χ3v) is 4.55. The van der Waals surface area contributed by atoms with Crippen LogP contribution in [-0.2, 0) is 13.1 Å². The molecular formula is C19H25N3O2. The van der Waals surface area contributed by atoms with Crippen molar-refractivity contribution in [3.05, 3.63) is 59.5 Å². The average molecular weight is 327 g/mol. The quantitative estimate of drug-likeness (QED) is 0.916. The number of benzene rings is 1. The van der Waals surface area contributed by atoms with E-state index in [-0.39, 0.29) is 5.91 Å². The molecule has 0 aliphatic carbocycles. The maximum atomic E-state index is 12.3. The van der Waals surface area contributed by atoms with Crippen molar-refractivity contribution in [3.63, 3.8) is 0 Å². The molecule has 0 unspecified atom stereocenters. The normalized spacial score (nSPS) is 19.3. The second-order valence-electron chi connectivity index (χ2n) is 6.54. The van der Waals surface area contributed by atoms with E-state index in [1.54, 1.807) is 6.26 Å². The van der Waals surface area contributed by atoms with Crippen molar-refractivity contribution in [1.82, 2.24) is 15.1 Å². The van der Waals surface area contributed by atoms with E-state index in [0.29, 0.717) is 18.2 Å². The van der Waals surface area contributed by atoms with Gasteiger partial charge >= 0.3 is 0 Å². The van der Waals surface area contributed by atoms with E-state index in [0.717, 1.165) is 31.9 Å². The molecule has 1 aromatic heterocycles. The van der Waals surface area contributed by atoms with Gasteiger partial charge in [-0.1, -0.05) is 12.1 Å². The van der Waals surface area contributed by atoms with E-state index in [1.807, 2.05) is 30.3 Å². The molecule has 1 amide bonds. The molecule has 1 aliphatic rings. The van der Waals surface area contributed by atoms with E-state index >= 15 is 0 Å². The van der Waals surface area contributed by atoms with E-state index in [1.165, 1.54) is 5.56 Å². The highest BCUT2D eigenvalue weighted by atomic mass is 16.3. The van der Waals surface area contributed by atoms with Crippen LogP contribution in [0.2, 0.25) is 0 Å². The Hall–Kier alpha value is -2.11. The van der Waals surface area contributed by atoms with Crippen LogP contribution < -0.4 is 5.32 Å². The first-order chi connectivity index (χ1) is 11.6. The van der Waals surface area contributed by atoms with Crippen LogP contribution in [0.25, 0.3) is 0 Å². The molecule has 1 N–H and O–H groups in total. The van der Waals surface area contributed by atoms with Crippen molar-refractivity contribution in [3.8, 4) is 0 Å². The summed E-state index contributed by atoms with van der Waals surface area (Å²) in [6.45, 7) is 6.79. The summed E-state index contributed by atoms with van der Waals surface area (Å²) >= 11 is 0. The Bertz CT molecular complexity index is 669. The van der Waals surface area contributed by atoms with Gasteiger partial charge in [0, 0.05) is 37.8 Å². The molecule has 5 nitrogen and oxygen atoms in total. The van der Waals surface area contributed by atoms with Gasteiger partial charge in [-0.25, -0.2) is 0 Å². The van der Waals surface area contributed by atoms with Gasteiger partial charge in [0.2, 0.25) is 0 Å². The first kappa shape index (κ1) is 16.7. The monoisotopic (exact) mass is 327 g/mol. The SMILES string of the molecule is C[C@H]1CN(C)CCN1Cc1cccc(C(=O)NCc2ccco2)c1. The van der Waals surface area contributed by atoms with E-state index in [2.05, 4.69) is 35.2 Å². The van der Waals surface area contributed by atoms with Crippen LogP contribution in [0.3, 0.4) is 0 Å². The fraction of sp³-hybridized carbons (Fsp3) is 0.421. The number of carbonyl (C=O) groups excluding carboxylic acids is 1. The Morgan fingerprint density at radius 2 is 2.17 bits per heavy atom. The fourth-order valence-corrected chi connectivity index (χ4v) is 3.14. The van der Waals surface area contributed by atoms with Gasteiger partial charge in [0.25, 0.3) is 5.91 Å². The summed E-state index contributed by atoms with van der Waals surface area (Å²) in [6, 6.07) is 12.1. The van der Waals surface area contributed by atoms with Crippen LogP contribution in [0.1, 0.15) is 28.6 Å². The van der Waals surface area contributed by atoms with Crippen LogP contribution in [0.4, 0.5) is 0 Å². The number of hydrogen-bond acceptors (Lipinski definition) is 4. The molecule has 0 spiro atoms. The smallest absolute Gasteiger partial charge is 0.251 e. The number of piperazine rings is 1. The lowest BCUT2D eigenvalue weighted by atomic mass is 10.1. The van der Waals surface area contributed by atoms with Crippen molar-refractivity contribution in [2.45, 2.75) is 26.1 Å². The zero-order chi connectivity index (χ0) is 16.9. The average Bonchev–Trinajstić information content (AvgIpc) is 3.09. The number of nitrogens with one attached hydrogen (secondary N) is 1. The summed E-state index contributed by atoms with van der Waals surface area (Å²) in [6.07, 6.45) is 1.61. The summed E-state index contributed by atoms with van der Waals surface area (Å²) in [5.41, 5.74) is 1.87. The van der Waals surface area contributed by atoms with E-state index < -0.39 is 0 Å². The Morgan fingerprint density at radius 3 is 2.92 bits per heavy atom. The van der Waals surface area contributed by atoms with E-state index in [4.69, 9.17) is 4.42 Å². The summed E-state index contributed by atoms with van der Waals surface area (Å²) < 4.78 is 5.24. The lowest BCUT2D eigenvalue weighted by molar-refractivity contribution is 0.0932. The molecule has 0 saturated carbocycles. The minimum atomic E-state index is -0.0697. The van der Waals surface area contributed by atoms with Gasteiger partial charge in [-0.3, -0.25) is 9.69 Å². The Labute approximate surface area is 143 Å². The van der Waals surface area contributed by atoms with Gasteiger partial charge < -0.3 is 14.6 Å². The predicted molar refractivity (Wildman–Crippen MR) is 93.7 cm³/mol. The molecule has 1 fully saturated rings. The molecule has 1 aromatic carbocycles. The maximum Gasteiger partial charge on any atom is 0.251 e. The first-order valence-electron chi connectivity index (χ1n) is 8.44. The largest absolute Gasteiger partial charge is 0.467 e. The number of nitrogens with zero attached hydrogens (tertiary/aromatic N) is 2. The van der Waals surface area contributed by atoms with Crippen molar-refractivity contribution < 1.29 is 9.21 Å². The third kappa shape index (κ3) is 4.24. The molecule has 0 bridgehead atoms. The van der Waals surface area contributed by atoms with Gasteiger partial charge in [0.15, 0.2) is 0 Å². The highest BCUT2D eigenvalue weighted by molar-refractivity contribution is 5.94. The lowest BCUT2D eigenvalue weighted by Crippen LogP contribution is -2.49. The topological polar surface area (TPSA) is 48.7 Å². The first-order valence-corrected chi connectivity index (χ1v) is 8.44. The number of carbonyl (C=O) groups is 1. The number of furan rings is 1. The second-order valence-corrected chi connectivity index (χ2v) is 6.54. The van der Waals surface area contributed by atoms with Gasteiger partial charge in [-0.2, -0.15) is 0 Å². The van der Waals surface area contributed by atoms with Gasteiger partial charge in [-0.15, -0.1) is 0 Å². The predicted octanol–water partition coefficient (Wildman–Crippen LogP) is 2.35. The zero-order valence-corrected chi connectivity index (χ0v) is 14.4. The standard InChI is InChI=1S/C19H25N3O2/c1-15-13-21(2)8-9-22(15)14-16-5-3-6-17(11-16)19(23)20-12-18-7-4-10-24-18/h3-7,10-11,15H,8-9,12-14H2,1-2H3,(H,20,23)/t15-/m0/s1. The summed E-state index contributed by atoms with van der Waals surface area (Å²) in [5.74, 6) is 0.686. The minimum Gasteiger partial charge on any atom is -0.467 e. The molecule has 24 heavy (non-hydrogen) atoms. The lowest BCUT2D eigenvalue weighted by Gasteiger charge is -2.38. The van der Waals surface area contributed by atoms with Gasteiger partial charge in [-0.05, 0) is 43.8 Å². The summed E-state index contributed by atoms with van der Waals surface area (Å²) in [4.78, 5) is 17.2. The van der Waals surface area contributed by atoms with Crippen molar-refractivity contribution in [2.24, 2.45) is 0 Å². The molecule has 128 valence electrons. The number of rotatable bonds is 5. The van der Waals surface area contributed by atoms with Crippen molar-refractivity contribution in [1.29, 1.82) is 0 Å². The number of likely N-dealkylation sites (N-methyl/N-ethyl adjacent to an activating group) is 1. The molecule has 2 aromatic rings. The highest BCUT2D eigenvalue weighted by Gasteiger charge is 2.21. The second kappa shape index (κ2) is 7.64. The molecule has 2 heterocycles. The molecular weight excluding hydrogens is 302 g/mol. The zero-order valence-electron chi connectivity index (χ0n) is 14.4. The molecule has 3 rings (SSSR count). The number of hydrogen-bond donors (Lipinski definition) is 1. The molecule has 1 aliphatic heterocycles. The van der Waals surface area contributed by atoms with Gasteiger partial charge in [0.05, 0.1) is 12.8 Å². The Kier molecular flexibility index (Phi) is 5.33. The molecule has 5 heteroatoms. The number of amides is 1. The van der Waals surface area contributed by atoms with Crippen LogP contribution >= 0.6 is 0 Å². The van der Waals surface area contributed by atoms with Crippen molar-refractivity contribution in [2.75, 3.05) is 26.7 Å². The van der Waals surface area contributed by atoms with E-state index in [9.17, 15) is 4.79 Å². The Balaban J connectivity index is 1.60. The van der Waals surface area contributed by atoms with Crippen LogP contribution in [0.15, 0.2) is 47.1 Å². The van der Waals surface area contributed by atoms with Gasteiger partial charge in [0.1, 0.15) is 5.76 Å². The highest BCUT2D eigenvalue weighted by Crippen LogP contribution is 2.14. The third-order valence-electron chi connectivity index (χ3n) is 4.55. The summed E-state index contributed by atoms with van der Waals surface area (Å²) in [5, 5.41) is 2.89. The molecule has 1 atom stereocenters. The van der Waals surface area contributed by atoms with Crippen LogP contribution in [0.5, 0.6) is 0 Å². The fourth-order valence-electron chi connectivity index (χ4n) is 3.14.